The van der Waals surface area contributed by atoms with Gasteiger partial charge in [-0.3, -0.25) is 14.4 Å². The number of nitrogens with zero attached hydrogens (tertiary/aromatic N) is 3. The van der Waals surface area contributed by atoms with E-state index in [-0.39, 0.29) is 23.4 Å². The van der Waals surface area contributed by atoms with Crippen molar-refractivity contribution >= 4 is 11.6 Å². The molecule has 2 heterocycles. The molecule has 0 aliphatic carbocycles. The summed E-state index contributed by atoms with van der Waals surface area (Å²) in [7, 11) is 1.88. The van der Waals surface area contributed by atoms with Crippen LogP contribution in [0.4, 0.5) is 5.69 Å². The number of hydrogen-bond acceptors (Lipinski definition) is 4. The summed E-state index contributed by atoms with van der Waals surface area (Å²) in [5.74, 6) is 0.0190. The highest BCUT2D eigenvalue weighted by Crippen LogP contribution is 2.29. The van der Waals surface area contributed by atoms with Crippen LogP contribution < -0.4 is 11.1 Å². The molecule has 0 saturated carbocycles. The Bertz CT molecular complexity index is 563. The van der Waals surface area contributed by atoms with Gasteiger partial charge in [0.1, 0.15) is 0 Å². The van der Waals surface area contributed by atoms with Gasteiger partial charge >= 0.3 is 0 Å². The third-order valence-electron chi connectivity index (χ3n) is 5.03. The largest absolute Gasteiger partial charge is 0.327 e. The quantitative estimate of drug-likeness (QED) is 0.885. The van der Waals surface area contributed by atoms with E-state index in [2.05, 4.69) is 29.2 Å². The molecule has 1 aliphatic rings. The van der Waals surface area contributed by atoms with E-state index in [1.165, 1.54) is 0 Å². The number of anilines is 1. The number of nitrogens with one attached hydrogen (secondary N) is 1. The summed E-state index contributed by atoms with van der Waals surface area (Å²) in [5.41, 5.74) is 8.86. The molecule has 0 spiro atoms. The molecule has 1 aromatic rings. The van der Waals surface area contributed by atoms with Crippen molar-refractivity contribution in [2.24, 2.45) is 18.2 Å². The number of nitrogens with two attached hydrogens (primary N) is 1. The summed E-state index contributed by atoms with van der Waals surface area (Å²) in [6.45, 7) is 11.9. The molecule has 0 aromatic carbocycles. The van der Waals surface area contributed by atoms with Crippen LogP contribution in [0, 0.1) is 19.3 Å². The Morgan fingerprint density at radius 2 is 2.09 bits per heavy atom. The molecule has 1 aliphatic heterocycles. The number of carbonyl (C=O) groups is 1. The summed E-state index contributed by atoms with van der Waals surface area (Å²) in [6.07, 6.45) is 0.926. The van der Waals surface area contributed by atoms with Gasteiger partial charge in [-0.05, 0) is 32.6 Å². The summed E-state index contributed by atoms with van der Waals surface area (Å²) in [6, 6.07) is 0.0209. The molecule has 0 radical (unpaired) electrons. The van der Waals surface area contributed by atoms with E-state index in [0.717, 1.165) is 36.6 Å². The Morgan fingerprint density at radius 1 is 1.45 bits per heavy atom. The van der Waals surface area contributed by atoms with Crippen molar-refractivity contribution in [2.45, 2.75) is 53.1 Å². The molecular formula is C16H29N5O. The maximum atomic E-state index is 12.6. The second kappa shape index (κ2) is 6.01. The van der Waals surface area contributed by atoms with Crippen LogP contribution in [-0.4, -0.2) is 45.8 Å². The van der Waals surface area contributed by atoms with Gasteiger partial charge in [-0.2, -0.15) is 5.10 Å². The molecule has 22 heavy (non-hydrogen) atoms. The maximum Gasteiger partial charge on any atom is 0.241 e. The van der Waals surface area contributed by atoms with Crippen molar-refractivity contribution in [2.75, 3.05) is 18.4 Å². The SMILES string of the molecule is Cc1nn(C)c(C)c1NC(=O)C(C)N1CCC(N)C(C)(C)C1. The molecule has 3 N–H and O–H groups in total. The molecule has 2 atom stereocenters. The third-order valence-corrected chi connectivity index (χ3v) is 5.03. The maximum absolute atomic E-state index is 12.6. The van der Waals surface area contributed by atoms with Crippen molar-refractivity contribution in [3.8, 4) is 0 Å². The van der Waals surface area contributed by atoms with Crippen molar-refractivity contribution in [1.82, 2.24) is 14.7 Å². The third kappa shape index (κ3) is 3.17. The van der Waals surface area contributed by atoms with Gasteiger partial charge in [-0.1, -0.05) is 13.8 Å². The average Bonchev–Trinajstić information content (AvgIpc) is 2.67. The fraction of sp³-hybridized carbons (Fsp3) is 0.750. The minimum atomic E-state index is -0.175. The first-order valence-electron chi connectivity index (χ1n) is 7.94. The highest BCUT2D eigenvalue weighted by Gasteiger charge is 2.36. The smallest absolute Gasteiger partial charge is 0.241 e. The number of aryl methyl sites for hydroxylation is 2. The van der Waals surface area contributed by atoms with Crippen LogP contribution in [0.3, 0.4) is 0 Å². The zero-order chi connectivity index (χ0) is 16.7. The van der Waals surface area contributed by atoms with E-state index in [4.69, 9.17) is 5.73 Å². The Balaban J connectivity index is 2.06. The van der Waals surface area contributed by atoms with Gasteiger partial charge in [0.2, 0.25) is 5.91 Å². The Kier molecular flexibility index (Phi) is 4.63. The number of piperidine rings is 1. The fourth-order valence-electron chi connectivity index (χ4n) is 3.09. The molecule has 1 saturated heterocycles. The number of hydrogen-bond donors (Lipinski definition) is 2. The minimum absolute atomic E-state index is 0.0190. The average molecular weight is 307 g/mol. The molecule has 2 rings (SSSR count). The monoisotopic (exact) mass is 307 g/mol. The van der Waals surface area contributed by atoms with E-state index in [1.54, 1.807) is 4.68 Å². The first kappa shape index (κ1) is 17.0. The predicted molar refractivity (Wildman–Crippen MR) is 88.7 cm³/mol. The second-order valence-electron chi connectivity index (χ2n) is 7.19. The number of likely N-dealkylation sites (tertiary alicyclic amines) is 1. The van der Waals surface area contributed by atoms with Crippen LogP contribution in [0.1, 0.15) is 38.6 Å². The standard InChI is InChI=1S/C16H29N5O/c1-10-14(11(2)20(6)19-10)18-15(22)12(3)21-8-7-13(17)16(4,5)9-21/h12-13H,7-9,17H2,1-6H3,(H,18,22). The first-order valence-corrected chi connectivity index (χ1v) is 7.94. The minimum Gasteiger partial charge on any atom is -0.327 e. The Morgan fingerprint density at radius 3 is 2.59 bits per heavy atom. The topological polar surface area (TPSA) is 76.2 Å². The van der Waals surface area contributed by atoms with Crippen molar-refractivity contribution in [3.63, 3.8) is 0 Å². The molecule has 1 aromatic heterocycles. The van der Waals surface area contributed by atoms with Crippen molar-refractivity contribution in [3.05, 3.63) is 11.4 Å². The highest BCUT2D eigenvalue weighted by atomic mass is 16.2. The van der Waals surface area contributed by atoms with E-state index in [1.807, 2.05) is 27.8 Å². The van der Waals surface area contributed by atoms with Gasteiger partial charge in [0.25, 0.3) is 0 Å². The summed E-state index contributed by atoms with van der Waals surface area (Å²) < 4.78 is 1.79. The van der Waals surface area contributed by atoms with Crippen LogP contribution in [0.2, 0.25) is 0 Å². The normalized spacial score (nSPS) is 23.3. The van der Waals surface area contributed by atoms with E-state index in [0.29, 0.717) is 0 Å². The fourth-order valence-corrected chi connectivity index (χ4v) is 3.09. The summed E-state index contributed by atoms with van der Waals surface area (Å²) in [4.78, 5) is 14.8. The van der Waals surface area contributed by atoms with Gasteiger partial charge in [0.05, 0.1) is 23.1 Å². The van der Waals surface area contributed by atoms with Crippen LogP contribution in [0.25, 0.3) is 0 Å². The van der Waals surface area contributed by atoms with Crippen molar-refractivity contribution in [1.29, 1.82) is 0 Å². The molecule has 6 heteroatoms. The number of rotatable bonds is 3. The molecule has 6 nitrogen and oxygen atoms in total. The molecule has 2 unspecified atom stereocenters. The van der Waals surface area contributed by atoms with Crippen LogP contribution in [-0.2, 0) is 11.8 Å². The van der Waals surface area contributed by atoms with Crippen LogP contribution in [0.5, 0.6) is 0 Å². The van der Waals surface area contributed by atoms with Gasteiger partial charge in [-0.25, -0.2) is 0 Å². The lowest BCUT2D eigenvalue weighted by Gasteiger charge is -2.44. The zero-order valence-electron chi connectivity index (χ0n) is 14.6. The summed E-state index contributed by atoms with van der Waals surface area (Å²) >= 11 is 0. The van der Waals surface area contributed by atoms with Gasteiger partial charge < -0.3 is 11.1 Å². The number of aromatic nitrogens is 2. The Hall–Kier alpha value is -1.40. The van der Waals surface area contributed by atoms with Crippen LogP contribution >= 0.6 is 0 Å². The lowest BCUT2D eigenvalue weighted by atomic mass is 9.79. The van der Waals surface area contributed by atoms with E-state index >= 15 is 0 Å². The lowest BCUT2D eigenvalue weighted by molar-refractivity contribution is -0.122. The number of amides is 1. The Labute approximate surface area is 133 Å². The highest BCUT2D eigenvalue weighted by molar-refractivity contribution is 5.95. The molecule has 124 valence electrons. The predicted octanol–water partition coefficient (Wildman–Crippen LogP) is 1.42. The van der Waals surface area contributed by atoms with E-state index < -0.39 is 0 Å². The molecule has 0 bridgehead atoms. The van der Waals surface area contributed by atoms with Crippen molar-refractivity contribution < 1.29 is 4.79 Å². The molecular weight excluding hydrogens is 278 g/mol. The lowest BCUT2D eigenvalue weighted by Crippen LogP contribution is -2.56. The van der Waals surface area contributed by atoms with E-state index in [9.17, 15) is 4.79 Å². The number of carbonyl (C=O) groups excluding carboxylic acids is 1. The second-order valence-corrected chi connectivity index (χ2v) is 7.19. The van der Waals surface area contributed by atoms with Gasteiger partial charge in [0.15, 0.2) is 0 Å². The van der Waals surface area contributed by atoms with Gasteiger partial charge in [0, 0.05) is 26.2 Å². The molecule has 1 amide bonds. The first-order chi connectivity index (χ1) is 10.1. The zero-order valence-corrected chi connectivity index (χ0v) is 14.6. The summed E-state index contributed by atoms with van der Waals surface area (Å²) in [5, 5.41) is 7.38. The van der Waals surface area contributed by atoms with Gasteiger partial charge in [-0.15, -0.1) is 0 Å². The van der Waals surface area contributed by atoms with Crippen LogP contribution in [0.15, 0.2) is 0 Å². The molecule has 1 fully saturated rings.